The maximum Gasteiger partial charge on any atom is 0.255 e. The van der Waals surface area contributed by atoms with Gasteiger partial charge >= 0.3 is 0 Å². The molecule has 0 saturated carbocycles. The van der Waals surface area contributed by atoms with E-state index in [1.54, 1.807) is 29.2 Å². The van der Waals surface area contributed by atoms with Crippen molar-refractivity contribution in [3.8, 4) is 5.75 Å². The molecule has 2 aromatic carbocycles. The zero-order valence-electron chi connectivity index (χ0n) is 29.5. The first-order chi connectivity index (χ1) is 23.9. The van der Waals surface area contributed by atoms with Crippen molar-refractivity contribution in [3.05, 3.63) is 65.7 Å². The number of ether oxygens (including phenoxy) is 1. The highest BCUT2D eigenvalue weighted by Gasteiger charge is 2.34. The molecule has 270 valence electrons. The molecule has 3 atom stereocenters. The first-order valence-corrected chi connectivity index (χ1v) is 17.3. The molecule has 13 heteroatoms. The molecule has 50 heavy (non-hydrogen) atoms. The lowest BCUT2D eigenvalue weighted by atomic mass is 10.0. The minimum absolute atomic E-state index is 0.0171. The van der Waals surface area contributed by atoms with Gasteiger partial charge in [-0.1, -0.05) is 56.3 Å². The number of carbonyl (C=O) groups excluding carboxylic acids is 6. The number of nitrogens with zero attached hydrogens (tertiary/aromatic N) is 3. The van der Waals surface area contributed by atoms with Crippen LogP contribution in [0.15, 0.2) is 54.6 Å². The summed E-state index contributed by atoms with van der Waals surface area (Å²) in [6.07, 6.45) is 2.20. The van der Waals surface area contributed by atoms with Crippen LogP contribution >= 0.6 is 0 Å². The van der Waals surface area contributed by atoms with Gasteiger partial charge in [0.1, 0.15) is 24.4 Å². The second-order valence-electron chi connectivity index (χ2n) is 13.5. The summed E-state index contributed by atoms with van der Waals surface area (Å²) >= 11 is 0. The third-order valence-corrected chi connectivity index (χ3v) is 8.94. The number of para-hydroxylation sites is 1. The highest BCUT2D eigenvalue weighted by molar-refractivity contribution is 6.01. The van der Waals surface area contributed by atoms with Crippen LogP contribution in [0.3, 0.4) is 0 Å². The SMILES string of the molecule is CC(C)C[C@H]1C(=O)N(C)CC(=O)N[C@H](Cc2ccccc2)COc2ccccc2C(=O)N[C@H](C(=O)NCCCN2CCCC2=O)CC(=O)N1C. The molecule has 0 radical (unpaired) electrons. The summed E-state index contributed by atoms with van der Waals surface area (Å²) in [4.78, 5) is 84.5. The van der Waals surface area contributed by atoms with E-state index in [-0.39, 0.29) is 42.8 Å². The van der Waals surface area contributed by atoms with E-state index in [4.69, 9.17) is 4.74 Å². The van der Waals surface area contributed by atoms with E-state index in [0.29, 0.717) is 38.8 Å². The number of amides is 6. The van der Waals surface area contributed by atoms with Gasteiger partial charge in [0.2, 0.25) is 29.5 Å². The summed E-state index contributed by atoms with van der Waals surface area (Å²) in [6.45, 7) is 5.06. The van der Waals surface area contributed by atoms with Crippen LogP contribution in [0.25, 0.3) is 0 Å². The van der Waals surface area contributed by atoms with Gasteiger partial charge in [-0.3, -0.25) is 28.8 Å². The number of carbonyl (C=O) groups is 6. The molecule has 6 amide bonds. The quantitative estimate of drug-likeness (QED) is 0.339. The van der Waals surface area contributed by atoms with Crippen molar-refractivity contribution in [3.63, 3.8) is 0 Å². The van der Waals surface area contributed by atoms with E-state index in [1.807, 2.05) is 44.2 Å². The van der Waals surface area contributed by atoms with Crippen LogP contribution in [0.1, 0.15) is 61.9 Å². The van der Waals surface area contributed by atoms with Crippen molar-refractivity contribution in [1.82, 2.24) is 30.7 Å². The Labute approximate surface area is 294 Å². The van der Waals surface area contributed by atoms with E-state index >= 15 is 0 Å². The van der Waals surface area contributed by atoms with Crippen LogP contribution < -0.4 is 20.7 Å². The molecule has 0 unspecified atom stereocenters. The lowest BCUT2D eigenvalue weighted by Crippen LogP contribution is -2.54. The fourth-order valence-electron chi connectivity index (χ4n) is 6.20. The van der Waals surface area contributed by atoms with Gasteiger partial charge in [-0.25, -0.2) is 0 Å². The van der Waals surface area contributed by atoms with Crippen molar-refractivity contribution >= 4 is 35.4 Å². The standard InChI is InChI=1S/C37H50N6O7/c1-25(2)20-30-37(49)41(3)23-32(44)39-27(21-26-12-6-5-7-13-26)24-50-31-15-9-8-14-28(31)35(47)40-29(22-34(46)42(30)4)36(48)38-17-11-19-43-18-10-16-33(43)45/h5-9,12-15,25,27,29-30H,10-11,16-24H2,1-4H3,(H,38,48)(H,39,44)(H,40,47)/t27-,29+,30+/m1/s1. The van der Waals surface area contributed by atoms with E-state index in [1.165, 1.54) is 23.9 Å². The van der Waals surface area contributed by atoms with Gasteiger partial charge in [0, 0.05) is 40.2 Å². The van der Waals surface area contributed by atoms with Crippen LogP contribution in [-0.2, 0) is 30.4 Å². The number of hydrogen-bond acceptors (Lipinski definition) is 7. The number of fused-ring (bicyclic) bond motifs is 1. The van der Waals surface area contributed by atoms with Crippen LogP contribution in [0.5, 0.6) is 5.75 Å². The third kappa shape index (κ3) is 10.8. The van der Waals surface area contributed by atoms with Crippen molar-refractivity contribution < 1.29 is 33.5 Å². The van der Waals surface area contributed by atoms with Crippen molar-refractivity contribution in [2.75, 3.05) is 46.9 Å². The molecule has 2 aliphatic heterocycles. The summed E-state index contributed by atoms with van der Waals surface area (Å²) in [5.41, 5.74) is 1.11. The molecule has 0 bridgehead atoms. The second kappa shape index (κ2) is 18.2. The van der Waals surface area contributed by atoms with E-state index in [0.717, 1.165) is 12.0 Å². The number of likely N-dealkylation sites (N-methyl/N-ethyl adjacent to an activating group) is 2. The summed E-state index contributed by atoms with van der Waals surface area (Å²) < 4.78 is 6.13. The van der Waals surface area contributed by atoms with Crippen molar-refractivity contribution in [2.45, 2.75) is 70.5 Å². The fourth-order valence-corrected chi connectivity index (χ4v) is 6.20. The molecular formula is C37H50N6O7. The molecule has 2 aliphatic rings. The van der Waals surface area contributed by atoms with Gasteiger partial charge in [-0.15, -0.1) is 0 Å². The first kappa shape index (κ1) is 37.9. The molecular weight excluding hydrogens is 640 g/mol. The Morgan fingerprint density at radius 1 is 0.960 bits per heavy atom. The van der Waals surface area contributed by atoms with Crippen LogP contribution in [0.2, 0.25) is 0 Å². The molecule has 13 nitrogen and oxygen atoms in total. The molecule has 4 rings (SSSR count). The number of hydrogen-bond donors (Lipinski definition) is 3. The Balaban J connectivity index is 1.62. The summed E-state index contributed by atoms with van der Waals surface area (Å²) in [5.74, 6) is -2.17. The lowest BCUT2D eigenvalue weighted by molar-refractivity contribution is -0.146. The van der Waals surface area contributed by atoms with Crippen LogP contribution in [0, 0.1) is 5.92 Å². The molecule has 0 spiro atoms. The van der Waals surface area contributed by atoms with E-state index in [9.17, 15) is 28.8 Å². The summed E-state index contributed by atoms with van der Waals surface area (Å²) in [5, 5.41) is 8.52. The average Bonchev–Trinajstić information content (AvgIpc) is 3.50. The predicted molar refractivity (Wildman–Crippen MR) is 187 cm³/mol. The van der Waals surface area contributed by atoms with Gasteiger partial charge in [-0.2, -0.15) is 0 Å². The molecule has 1 fully saturated rings. The molecule has 2 heterocycles. The zero-order chi connectivity index (χ0) is 36.2. The topological polar surface area (TPSA) is 157 Å². The Morgan fingerprint density at radius 3 is 2.38 bits per heavy atom. The summed E-state index contributed by atoms with van der Waals surface area (Å²) in [7, 11) is 3.02. The van der Waals surface area contributed by atoms with Gasteiger partial charge < -0.3 is 35.4 Å². The van der Waals surface area contributed by atoms with Gasteiger partial charge in [0.05, 0.1) is 24.6 Å². The first-order valence-electron chi connectivity index (χ1n) is 17.3. The average molecular weight is 691 g/mol. The number of nitrogens with one attached hydrogen (secondary N) is 3. The van der Waals surface area contributed by atoms with Crippen LogP contribution in [0.4, 0.5) is 0 Å². The van der Waals surface area contributed by atoms with Crippen LogP contribution in [-0.4, -0.2) is 115 Å². The monoisotopic (exact) mass is 690 g/mol. The maximum atomic E-state index is 13.8. The van der Waals surface area contributed by atoms with Gasteiger partial charge in [0.15, 0.2) is 0 Å². The van der Waals surface area contributed by atoms with E-state index < -0.39 is 54.1 Å². The molecule has 2 aromatic rings. The van der Waals surface area contributed by atoms with Gasteiger partial charge in [-0.05, 0) is 49.3 Å². The number of benzene rings is 2. The summed E-state index contributed by atoms with van der Waals surface area (Å²) in [6, 6.07) is 13.5. The fraction of sp³-hybridized carbons (Fsp3) is 0.514. The largest absolute Gasteiger partial charge is 0.491 e. The number of likely N-dealkylation sites (tertiary alicyclic amines) is 1. The maximum absolute atomic E-state index is 13.8. The highest BCUT2D eigenvalue weighted by Crippen LogP contribution is 2.20. The zero-order valence-corrected chi connectivity index (χ0v) is 29.5. The third-order valence-electron chi connectivity index (χ3n) is 8.94. The van der Waals surface area contributed by atoms with Gasteiger partial charge in [0.25, 0.3) is 5.91 Å². The minimum atomic E-state index is -1.27. The smallest absolute Gasteiger partial charge is 0.255 e. The molecule has 0 aliphatic carbocycles. The van der Waals surface area contributed by atoms with Crippen molar-refractivity contribution in [2.24, 2.45) is 5.92 Å². The second-order valence-corrected chi connectivity index (χ2v) is 13.5. The predicted octanol–water partition coefficient (Wildman–Crippen LogP) is 1.76. The lowest BCUT2D eigenvalue weighted by Gasteiger charge is -2.32. The Morgan fingerprint density at radius 2 is 1.68 bits per heavy atom. The molecule has 3 N–H and O–H groups in total. The molecule has 1 saturated heterocycles. The Hall–Kier alpha value is -4.94. The normalized spacial score (nSPS) is 21.3. The molecule has 0 aromatic heterocycles. The number of rotatable bonds is 9. The highest BCUT2D eigenvalue weighted by atomic mass is 16.5. The minimum Gasteiger partial charge on any atom is -0.491 e. The Kier molecular flexibility index (Phi) is 13.8. The van der Waals surface area contributed by atoms with Crippen molar-refractivity contribution in [1.29, 1.82) is 0 Å². The Bertz CT molecular complexity index is 1520. The van der Waals surface area contributed by atoms with E-state index in [2.05, 4.69) is 16.0 Å².